The van der Waals surface area contributed by atoms with E-state index in [1.807, 2.05) is 0 Å². The van der Waals surface area contributed by atoms with Crippen LogP contribution >= 0.6 is 22.9 Å². The average molecular weight is 382 g/mol. The smallest absolute Gasteiger partial charge is 0.348 e. The molecule has 9 heteroatoms. The van der Waals surface area contributed by atoms with Crippen LogP contribution in [-0.4, -0.2) is 27.6 Å². The number of carbonyl (C=O) groups excluding carboxylic acids is 1. The zero-order valence-corrected chi connectivity index (χ0v) is 14.9. The Balaban J connectivity index is 2.10. The third-order valence-electron chi connectivity index (χ3n) is 3.65. The lowest BCUT2D eigenvalue weighted by atomic mass is 10.2. The molecular weight excluding hydrogens is 369 g/mol. The molecular formula is C16H13ClFN3O3S. The molecule has 2 aromatic heterocycles. The molecule has 3 rings (SSSR count). The molecule has 0 saturated heterocycles. The average Bonchev–Trinajstić information content (AvgIpc) is 2.91. The molecule has 6 nitrogen and oxygen atoms in total. The lowest BCUT2D eigenvalue weighted by molar-refractivity contribution is 0.0531. The van der Waals surface area contributed by atoms with Gasteiger partial charge in [-0.15, -0.1) is 16.4 Å². The molecule has 0 aliphatic carbocycles. The number of aromatic nitrogens is 3. The minimum atomic E-state index is -0.532. The summed E-state index contributed by atoms with van der Waals surface area (Å²) in [5, 5.41) is 8.28. The van der Waals surface area contributed by atoms with Crippen LogP contribution in [0.2, 0.25) is 5.02 Å². The predicted octanol–water partition coefficient (Wildman–Crippen LogP) is 3.18. The van der Waals surface area contributed by atoms with E-state index in [9.17, 15) is 14.0 Å². The molecule has 2 heterocycles. The number of halogens is 2. The van der Waals surface area contributed by atoms with Crippen molar-refractivity contribution in [3.8, 4) is 0 Å². The lowest BCUT2D eigenvalue weighted by Crippen LogP contribution is -2.25. The second-order valence-corrected chi connectivity index (χ2v) is 6.62. The maximum atomic E-state index is 13.9. The number of ether oxygens (including phenoxy) is 1. The fourth-order valence-electron chi connectivity index (χ4n) is 2.41. The molecule has 1 aromatic carbocycles. The molecule has 130 valence electrons. The number of benzene rings is 1. The number of carbonyl (C=O) groups is 1. The van der Waals surface area contributed by atoms with Gasteiger partial charge < -0.3 is 4.74 Å². The summed E-state index contributed by atoms with van der Waals surface area (Å²) in [7, 11) is 0. The quantitative estimate of drug-likeness (QED) is 0.649. The molecule has 0 fully saturated rings. The first-order valence-corrected chi connectivity index (χ1v) is 8.60. The Kier molecular flexibility index (Phi) is 4.82. The van der Waals surface area contributed by atoms with Gasteiger partial charge >= 0.3 is 5.97 Å². The van der Waals surface area contributed by atoms with E-state index in [2.05, 4.69) is 10.3 Å². The number of nitrogens with zero attached hydrogens (tertiary/aromatic N) is 3. The van der Waals surface area contributed by atoms with Gasteiger partial charge in [-0.2, -0.15) is 0 Å². The highest BCUT2D eigenvalue weighted by atomic mass is 35.5. The predicted molar refractivity (Wildman–Crippen MR) is 92.9 cm³/mol. The molecule has 0 N–H and O–H groups in total. The van der Waals surface area contributed by atoms with Crippen molar-refractivity contribution in [2.24, 2.45) is 0 Å². The Morgan fingerprint density at radius 1 is 1.44 bits per heavy atom. The number of aryl methyl sites for hydroxylation is 1. The first-order valence-electron chi connectivity index (χ1n) is 7.41. The van der Waals surface area contributed by atoms with Crippen molar-refractivity contribution in [1.29, 1.82) is 0 Å². The molecule has 0 bridgehead atoms. The number of fused-ring (bicyclic) bond motifs is 1. The molecule has 25 heavy (non-hydrogen) atoms. The van der Waals surface area contributed by atoms with Gasteiger partial charge in [0, 0.05) is 10.6 Å². The first-order chi connectivity index (χ1) is 11.9. The Morgan fingerprint density at radius 2 is 2.20 bits per heavy atom. The molecule has 0 aliphatic rings. The maximum absolute atomic E-state index is 13.9. The van der Waals surface area contributed by atoms with Crippen LogP contribution in [-0.2, 0) is 11.3 Å². The highest BCUT2D eigenvalue weighted by Gasteiger charge is 2.21. The van der Waals surface area contributed by atoms with E-state index in [-0.39, 0.29) is 29.1 Å². The van der Waals surface area contributed by atoms with Gasteiger partial charge in [0.1, 0.15) is 10.7 Å². The minimum Gasteiger partial charge on any atom is -0.462 e. The van der Waals surface area contributed by atoms with E-state index in [0.29, 0.717) is 15.3 Å². The van der Waals surface area contributed by atoms with E-state index in [1.165, 1.54) is 18.2 Å². The first kappa shape index (κ1) is 17.5. The van der Waals surface area contributed by atoms with Crippen LogP contribution in [0.1, 0.15) is 27.7 Å². The van der Waals surface area contributed by atoms with E-state index >= 15 is 0 Å². The van der Waals surface area contributed by atoms with Gasteiger partial charge in [0.25, 0.3) is 5.56 Å². The third kappa shape index (κ3) is 3.14. The topological polar surface area (TPSA) is 74.1 Å². The fourth-order valence-corrected chi connectivity index (χ4v) is 3.65. The van der Waals surface area contributed by atoms with Gasteiger partial charge in [-0.1, -0.05) is 22.9 Å². The second-order valence-electron chi connectivity index (χ2n) is 5.21. The van der Waals surface area contributed by atoms with E-state index < -0.39 is 17.3 Å². The monoisotopic (exact) mass is 381 g/mol. The van der Waals surface area contributed by atoms with Crippen LogP contribution in [0, 0.1) is 12.7 Å². The zero-order chi connectivity index (χ0) is 18.1. The van der Waals surface area contributed by atoms with Gasteiger partial charge in [-0.3, -0.25) is 4.79 Å². The lowest BCUT2D eigenvalue weighted by Gasteiger charge is -2.07. The van der Waals surface area contributed by atoms with Crippen molar-refractivity contribution in [3.05, 3.63) is 55.4 Å². The van der Waals surface area contributed by atoms with Crippen LogP contribution in [0.4, 0.5) is 4.39 Å². The van der Waals surface area contributed by atoms with Crippen molar-refractivity contribution in [1.82, 2.24) is 15.0 Å². The Bertz CT molecular complexity index is 1010. The van der Waals surface area contributed by atoms with Gasteiger partial charge in [0.05, 0.1) is 18.5 Å². The van der Waals surface area contributed by atoms with Gasteiger partial charge in [0.15, 0.2) is 4.83 Å². The molecule has 3 aromatic rings. The van der Waals surface area contributed by atoms with Gasteiger partial charge in [0.2, 0.25) is 0 Å². The summed E-state index contributed by atoms with van der Waals surface area (Å²) in [6.07, 6.45) is 0. The normalized spacial score (nSPS) is 11.0. The maximum Gasteiger partial charge on any atom is 0.348 e. The summed E-state index contributed by atoms with van der Waals surface area (Å²) in [6.45, 7) is 3.42. The largest absolute Gasteiger partial charge is 0.462 e. The molecule has 0 amide bonds. The Labute approximate surface area is 150 Å². The van der Waals surface area contributed by atoms with E-state index in [1.54, 1.807) is 13.8 Å². The highest BCUT2D eigenvalue weighted by molar-refractivity contribution is 7.20. The molecule has 0 saturated carbocycles. The highest BCUT2D eigenvalue weighted by Crippen LogP contribution is 2.27. The summed E-state index contributed by atoms with van der Waals surface area (Å²) in [6, 6.07) is 4.27. The minimum absolute atomic E-state index is 0.151. The van der Waals surface area contributed by atoms with Crippen molar-refractivity contribution in [2.45, 2.75) is 20.4 Å². The molecule has 0 spiro atoms. The van der Waals surface area contributed by atoms with Crippen LogP contribution < -0.4 is 5.56 Å². The fraction of sp³-hybridized carbons (Fsp3) is 0.250. The van der Waals surface area contributed by atoms with E-state index in [4.69, 9.17) is 16.3 Å². The zero-order valence-electron chi connectivity index (χ0n) is 13.4. The van der Waals surface area contributed by atoms with Crippen molar-refractivity contribution in [3.63, 3.8) is 0 Å². The van der Waals surface area contributed by atoms with Crippen molar-refractivity contribution >= 4 is 39.1 Å². The molecule has 0 unspecified atom stereocenters. The van der Waals surface area contributed by atoms with Gasteiger partial charge in [-0.25, -0.2) is 13.9 Å². The van der Waals surface area contributed by atoms with Crippen LogP contribution in [0.25, 0.3) is 10.2 Å². The number of thiophene rings is 1. The Hall–Kier alpha value is -2.32. The van der Waals surface area contributed by atoms with Gasteiger partial charge in [-0.05, 0) is 31.5 Å². The number of esters is 1. The van der Waals surface area contributed by atoms with Crippen LogP contribution in [0.15, 0.2) is 23.0 Å². The Morgan fingerprint density at radius 3 is 2.88 bits per heavy atom. The molecule has 0 atom stereocenters. The number of hydrogen-bond donors (Lipinski definition) is 0. The van der Waals surface area contributed by atoms with Crippen molar-refractivity contribution in [2.75, 3.05) is 6.61 Å². The van der Waals surface area contributed by atoms with Crippen molar-refractivity contribution < 1.29 is 13.9 Å². The summed E-state index contributed by atoms with van der Waals surface area (Å²) >= 11 is 7.04. The SMILES string of the molecule is CCOC(=O)c1sc2nnn(Cc3c(F)cccc3Cl)c(=O)c2c1C. The van der Waals surface area contributed by atoms with Crippen LogP contribution in [0.3, 0.4) is 0 Å². The third-order valence-corrected chi connectivity index (χ3v) is 5.16. The second kappa shape index (κ2) is 6.89. The van der Waals surface area contributed by atoms with Crippen LogP contribution in [0.5, 0.6) is 0 Å². The summed E-state index contributed by atoms with van der Waals surface area (Å²) < 4.78 is 20.0. The number of hydrogen-bond acceptors (Lipinski definition) is 6. The molecule has 0 radical (unpaired) electrons. The van der Waals surface area contributed by atoms with E-state index in [0.717, 1.165) is 16.0 Å². The number of rotatable bonds is 4. The summed E-state index contributed by atoms with van der Waals surface area (Å²) in [4.78, 5) is 25.3. The summed E-state index contributed by atoms with van der Waals surface area (Å²) in [5.41, 5.74) is 0.166. The standard InChI is InChI=1S/C16H13ClFN3O3S/c1-3-24-16(23)13-8(2)12-14(25-13)19-20-21(15(12)22)7-9-10(17)5-4-6-11(9)18/h4-6H,3,7H2,1-2H3. The molecule has 0 aliphatic heterocycles. The summed E-state index contributed by atoms with van der Waals surface area (Å²) in [5.74, 6) is -1.04.